The van der Waals surface area contributed by atoms with Crippen molar-refractivity contribution in [1.82, 2.24) is 9.97 Å². The van der Waals surface area contributed by atoms with Crippen LogP contribution < -0.4 is 10.6 Å². The van der Waals surface area contributed by atoms with E-state index in [1.54, 1.807) is 25.1 Å². The van der Waals surface area contributed by atoms with E-state index in [-0.39, 0.29) is 13.2 Å². The normalized spacial score (nSPS) is 10.8. The van der Waals surface area contributed by atoms with Crippen molar-refractivity contribution in [3.63, 3.8) is 0 Å². The third-order valence-corrected chi connectivity index (χ3v) is 4.59. The molecule has 0 aliphatic heterocycles. The molecule has 1 aromatic carbocycles. The Morgan fingerprint density at radius 3 is 2.67 bits per heavy atom. The summed E-state index contributed by atoms with van der Waals surface area (Å²) in [6, 6.07) is 8.28. The minimum atomic E-state index is -3.96. The maximum absolute atomic E-state index is 12.1. The first-order valence-electron chi connectivity index (χ1n) is 8.48. The standard InChI is InChI=1S/C17H18N6O6S/c1-3-29-13(24)10-22(9-12-6-4-5-11(7-12)8-18)16-14(23(25)26)15(19)20-17(21-16)30(2,27)28/h4-7H,3,9-10H2,1-2H3,(H2,19,20,21). The van der Waals surface area contributed by atoms with Gasteiger partial charge in [-0.25, -0.2) is 8.42 Å². The van der Waals surface area contributed by atoms with E-state index < -0.39 is 49.8 Å². The van der Waals surface area contributed by atoms with Crippen molar-refractivity contribution in [3.05, 3.63) is 45.5 Å². The molecule has 0 radical (unpaired) electrons. The predicted molar refractivity (Wildman–Crippen MR) is 105 cm³/mol. The van der Waals surface area contributed by atoms with Gasteiger partial charge in [-0.2, -0.15) is 15.2 Å². The fourth-order valence-electron chi connectivity index (χ4n) is 2.53. The Hall–Kier alpha value is -3.79. The molecule has 1 aromatic heterocycles. The highest BCUT2D eigenvalue weighted by molar-refractivity contribution is 7.90. The average molecular weight is 434 g/mol. The molecule has 0 saturated carbocycles. The van der Waals surface area contributed by atoms with Crippen LogP contribution in [0.5, 0.6) is 0 Å². The maximum Gasteiger partial charge on any atom is 0.353 e. The van der Waals surface area contributed by atoms with Crippen molar-refractivity contribution in [2.24, 2.45) is 0 Å². The van der Waals surface area contributed by atoms with Gasteiger partial charge in [-0.3, -0.25) is 14.9 Å². The van der Waals surface area contributed by atoms with Crippen LogP contribution in [0.1, 0.15) is 18.1 Å². The Bertz CT molecular complexity index is 1130. The quantitative estimate of drug-likeness (QED) is 0.268. The van der Waals surface area contributed by atoms with Gasteiger partial charge < -0.3 is 15.4 Å². The molecule has 0 aliphatic rings. The van der Waals surface area contributed by atoms with Crippen LogP contribution in [0, 0.1) is 21.4 Å². The van der Waals surface area contributed by atoms with Crippen LogP contribution in [0.4, 0.5) is 17.3 Å². The Morgan fingerprint density at radius 2 is 2.10 bits per heavy atom. The number of ether oxygens (including phenoxy) is 1. The summed E-state index contributed by atoms with van der Waals surface area (Å²) in [5.74, 6) is -1.84. The second-order valence-corrected chi connectivity index (χ2v) is 7.98. The number of nitrogens with two attached hydrogens (primary N) is 1. The molecule has 0 bridgehead atoms. The molecule has 0 atom stereocenters. The van der Waals surface area contributed by atoms with Gasteiger partial charge in [0.25, 0.3) is 5.16 Å². The largest absolute Gasteiger partial charge is 0.465 e. The zero-order valence-electron chi connectivity index (χ0n) is 16.1. The number of nitrogen functional groups attached to an aromatic ring is 1. The first kappa shape index (κ1) is 22.5. The molecule has 12 nitrogen and oxygen atoms in total. The van der Waals surface area contributed by atoms with Crippen molar-refractivity contribution >= 4 is 33.1 Å². The van der Waals surface area contributed by atoms with Crippen LogP contribution >= 0.6 is 0 Å². The summed E-state index contributed by atoms with van der Waals surface area (Å²) < 4.78 is 28.7. The molecule has 2 aromatic rings. The van der Waals surface area contributed by atoms with Gasteiger partial charge in [0.1, 0.15) is 6.54 Å². The maximum atomic E-state index is 12.1. The van der Waals surface area contributed by atoms with Crippen molar-refractivity contribution in [2.75, 3.05) is 30.0 Å². The van der Waals surface area contributed by atoms with Crippen molar-refractivity contribution in [1.29, 1.82) is 5.26 Å². The SMILES string of the molecule is CCOC(=O)CN(Cc1cccc(C#N)c1)c1nc(S(C)(=O)=O)nc(N)c1[N+](=O)[O-]. The lowest BCUT2D eigenvalue weighted by Crippen LogP contribution is -2.32. The van der Waals surface area contributed by atoms with Gasteiger partial charge in [0.05, 0.1) is 23.2 Å². The van der Waals surface area contributed by atoms with Gasteiger partial charge in [-0.15, -0.1) is 0 Å². The molecule has 158 valence electrons. The lowest BCUT2D eigenvalue weighted by atomic mass is 10.1. The molecular weight excluding hydrogens is 416 g/mol. The first-order valence-corrected chi connectivity index (χ1v) is 10.4. The number of esters is 1. The molecule has 2 rings (SSSR count). The number of nitrogens with zero attached hydrogens (tertiary/aromatic N) is 5. The zero-order chi connectivity index (χ0) is 22.5. The number of sulfone groups is 1. The Balaban J connectivity index is 2.66. The number of carbonyl (C=O) groups is 1. The molecule has 0 spiro atoms. The van der Waals surface area contributed by atoms with E-state index in [1.165, 1.54) is 6.07 Å². The van der Waals surface area contributed by atoms with E-state index in [0.29, 0.717) is 11.1 Å². The number of carbonyl (C=O) groups excluding carboxylic acids is 1. The van der Waals surface area contributed by atoms with E-state index in [9.17, 15) is 23.3 Å². The van der Waals surface area contributed by atoms with Gasteiger partial charge in [-0.1, -0.05) is 12.1 Å². The summed E-state index contributed by atoms with van der Waals surface area (Å²) in [6.45, 7) is 1.06. The highest BCUT2D eigenvalue weighted by atomic mass is 32.2. The Kier molecular flexibility index (Phi) is 6.85. The monoisotopic (exact) mass is 434 g/mol. The topological polar surface area (TPSA) is 182 Å². The molecule has 0 amide bonds. The molecule has 30 heavy (non-hydrogen) atoms. The lowest BCUT2D eigenvalue weighted by molar-refractivity contribution is -0.383. The summed E-state index contributed by atoms with van der Waals surface area (Å²) in [4.78, 5) is 31.3. The number of rotatable bonds is 8. The molecule has 0 fully saturated rings. The van der Waals surface area contributed by atoms with Gasteiger partial charge in [0.15, 0.2) is 0 Å². The molecule has 13 heteroatoms. The minimum Gasteiger partial charge on any atom is -0.465 e. The van der Waals surface area contributed by atoms with Crippen LogP contribution in [0.25, 0.3) is 0 Å². The number of aromatic nitrogens is 2. The first-order chi connectivity index (χ1) is 14.1. The second-order valence-electron chi connectivity index (χ2n) is 6.07. The zero-order valence-corrected chi connectivity index (χ0v) is 16.9. The highest BCUT2D eigenvalue weighted by Gasteiger charge is 2.31. The van der Waals surface area contributed by atoms with Crippen molar-refractivity contribution in [3.8, 4) is 6.07 Å². The molecule has 0 unspecified atom stereocenters. The van der Waals surface area contributed by atoms with E-state index in [4.69, 9.17) is 15.7 Å². The minimum absolute atomic E-state index is 0.0686. The average Bonchev–Trinajstić information content (AvgIpc) is 2.66. The molecule has 1 heterocycles. The summed E-state index contributed by atoms with van der Waals surface area (Å²) in [7, 11) is -3.96. The predicted octanol–water partition coefficient (Wildman–Crippen LogP) is 0.812. The molecule has 0 aliphatic carbocycles. The van der Waals surface area contributed by atoms with Gasteiger partial charge in [0.2, 0.25) is 21.5 Å². The number of anilines is 2. The number of nitriles is 1. The lowest BCUT2D eigenvalue weighted by Gasteiger charge is -2.23. The smallest absolute Gasteiger partial charge is 0.353 e. The van der Waals surface area contributed by atoms with E-state index in [0.717, 1.165) is 11.2 Å². The fourth-order valence-corrected chi connectivity index (χ4v) is 3.04. The van der Waals surface area contributed by atoms with Crippen LogP contribution in [-0.2, 0) is 25.9 Å². The van der Waals surface area contributed by atoms with Gasteiger partial charge in [-0.05, 0) is 24.6 Å². The summed E-state index contributed by atoms with van der Waals surface area (Å²) in [5.41, 5.74) is 5.75. The van der Waals surface area contributed by atoms with E-state index in [1.807, 2.05) is 6.07 Å². The number of hydrogen-bond donors (Lipinski definition) is 1. The number of nitro groups is 1. The number of hydrogen-bond acceptors (Lipinski definition) is 11. The van der Waals surface area contributed by atoms with Crippen LogP contribution in [0.2, 0.25) is 0 Å². The molecular formula is C17H18N6O6S. The Morgan fingerprint density at radius 1 is 1.40 bits per heavy atom. The van der Waals surface area contributed by atoms with E-state index in [2.05, 4.69) is 9.97 Å². The van der Waals surface area contributed by atoms with Crippen LogP contribution in [0.3, 0.4) is 0 Å². The summed E-state index contributed by atoms with van der Waals surface area (Å²) >= 11 is 0. The highest BCUT2D eigenvalue weighted by Crippen LogP contribution is 2.32. The third kappa shape index (κ3) is 5.39. The second kappa shape index (κ2) is 9.14. The summed E-state index contributed by atoms with van der Waals surface area (Å²) in [5, 5.41) is 19.9. The van der Waals surface area contributed by atoms with Gasteiger partial charge in [0, 0.05) is 12.8 Å². The Labute approximate surface area is 172 Å². The summed E-state index contributed by atoms with van der Waals surface area (Å²) in [6.07, 6.45) is 0.823. The van der Waals surface area contributed by atoms with Crippen molar-refractivity contribution in [2.45, 2.75) is 18.6 Å². The third-order valence-electron chi connectivity index (χ3n) is 3.74. The fraction of sp³-hybridized carbons (Fsp3) is 0.294. The van der Waals surface area contributed by atoms with Gasteiger partial charge >= 0.3 is 11.7 Å². The van der Waals surface area contributed by atoms with Crippen molar-refractivity contribution < 1.29 is 22.9 Å². The van der Waals surface area contributed by atoms with Crippen LogP contribution in [-0.4, -0.2) is 48.7 Å². The van der Waals surface area contributed by atoms with Crippen LogP contribution in [0.15, 0.2) is 29.4 Å². The molecule has 2 N–H and O–H groups in total. The van der Waals surface area contributed by atoms with E-state index >= 15 is 0 Å². The number of benzene rings is 1. The molecule has 0 saturated heterocycles.